The Kier molecular flexibility index (Phi) is 4.19. The smallest absolute Gasteiger partial charge is 0.0221 e. The van der Waals surface area contributed by atoms with E-state index < -0.39 is 0 Å². The fraction of sp³-hybridized carbons (Fsp3) is 1.00. The Morgan fingerprint density at radius 2 is 2.11 bits per heavy atom. The molecule has 6 atom stereocenters. The van der Waals surface area contributed by atoms with Crippen LogP contribution in [0.15, 0.2) is 0 Å². The van der Waals surface area contributed by atoms with Gasteiger partial charge in [-0.3, -0.25) is 4.90 Å². The molecular weight excluding hydrogens is 232 g/mol. The highest BCUT2D eigenvalue weighted by atomic mass is 15.2. The summed E-state index contributed by atoms with van der Waals surface area (Å²) in [6.45, 7) is 11.0. The molecule has 3 aliphatic rings. The summed E-state index contributed by atoms with van der Waals surface area (Å²) in [5, 5.41) is 3.77. The van der Waals surface area contributed by atoms with Crippen molar-refractivity contribution in [3.63, 3.8) is 0 Å². The minimum absolute atomic E-state index is 0.722. The normalized spacial score (nSPS) is 44.7. The Labute approximate surface area is 119 Å². The predicted octanol–water partition coefficient (Wildman–Crippen LogP) is 3.13. The molecule has 3 rings (SSSR count). The zero-order valence-electron chi connectivity index (χ0n) is 13.1. The maximum absolute atomic E-state index is 3.77. The first kappa shape index (κ1) is 13.9. The van der Waals surface area contributed by atoms with E-state index in [9.17, 15) is 0 Å². The predicted molar refractivity (Wildman–Crippen MR) is 81.2 cm³/mol. The van der Waals surface area contributed by atoms with Gasteiger partial charge < -0.3 is 5.32 Å². The van der Waals surface area contributed by atoms with Gasteiger partial charge >= 0.3 is 0 Å². The number of fused-ring (bicyclic) bond motifs is 2. The Morgan fingerprint density at radius 3 is 2.74 bits per heavy atom. The molecule has 6 unspecified atom stereocenters. The molecule has 2 bridgehead atoms. The number of hydrogen-bond donors (Lipinski definition) is 1. The van der Waals surface area contributed by atoms with Crippen LogP contribution in [0.3, 0.4) is 0 Å². The molecule has 2 aliphatic carbocycles. The summed E-state index contributed by atoms with van der Waals surface area (Å²) in [5.41, 5.74) is 0. The third-order valence-corrected chi connectivity index (χ3v) is 6.41. The number of hydrogen-bond acceptors (Lipinski definition) is 2. The lowest BCUT2D eigenvalue weighted by atomic mass is 9.87. The van der Waals surface area contributed by atoms with E-state index in [-0.39, 0.29) is 0 Å². The van der Waals surface area contributed by atoms with Crippen molar-refractivity contribution >= 4 is 0 Å². The summed E-state index contributed by atoms with van der Waals surface area (Å²) < 4.78 is 0. The molecule has 0 aromatic carbocycles. The lowest BCUT2D eigenvalue weighted by Gasteiger charge is -2.43. The summed E-state index contributed by atoms with van der Waals surface area (Å²) in [4.78, 5) is 2.80. The van der Waals surface area contributed by atoms with E-state index in [1.807, 2.05) is 0 Å². The standard InChI is InChI=1S/C17H32N2/c1-4-12(2)17-11-19(13(3)9-18-17)10-16-8-14-5-6-15(16)7-14/h12-18H,4-11H2,1-3H3. The summed E-state index contributed by atoms with van der Waals surface area (Å²) in [7, 11) is 0. The average Bonchev–Trinajstić information content (AvgIpc) is 3.02. The van der Waals surface area contributed by atoms with Crippen LogP contribution in [-0.4, -0.2) is 36.6 Å². The highest BCUT2D eigenvalue weighted by Gasteiger charge is 2.41. The van der Waals surface area contributed by atoms with Gasteiger partial charge in [-0.1, -0.05) is 26.7 Å². The van der Waals surface area contributed by atoms with E-state index in [0.29, 0.717) is 0 Å². The van der Waals surface area contributed by atoms with Gasteiger partial charge in [0.2, 0.25) is 0 Å². The van der Waals surface area contributed by atoms with Crippen LogP contribution in [0, 0.1) is 23.7 Å². The van der Waals surface area contributed by atoms with Crippen molar-refractivity contribution in [3.8, 4) is 0 Å². The van der Waals surface area contributed by atoms with Crippen molar-refractivity contribution in [2.24, 2.45) is 23.7 Å². The van der Waals surface area contributed by atoms with E-state index >= 15 is 0 Å². The molecule has 0 radical (unpaired) electrons. The molecule has 2 heteroatoms. The van der Waals surface area contributed by atoms with Gasteiger partial charge in [0.25, 0.3) is 0 Å². The fourth-order valence-corrected chi connectivity index (χ4v) is 4.77. The lowest BCUT2D eigenvalue weighted by Crippen LogP contribution is -2.58. The van der Waals surface area contributed by atoms with Gasteiger partial charge in [-0.15, -0.1) is 0 Å². The second kappa shape index (κ2) is 5.73. The second-order valence-corrected chi connectivity index (χ2v) is 7.64. The third kappa shape index (κ3) is 2.85. The molecule has 2 nitrogen and oxygen atoms in total. The molecule has 2 saturated carbocycles. The monoisotopic (exact) mass is 264 g/mol. The molecule has 1 aliphatic heterocycles. The van der Waals surface area contributed by atoms with Crippen LogP contribution in [0.4, 0.5) is 0 Å². The summed E-state index contributed by atoms with van der Waals surface area (Å²) in [6.07, 6.45) is 7.46. The first-order chi connectivity index (χ1) is 9.17. The Balaban J connectivity index is 1.56. The first-order valence-electron chi connectivity index (χ1n) is 8.64. The van der Waals surface area contributed by atoms with E-state index in [1.165, 1.54) is 45.3 Å². The molecule has 1 heterocycles. The number of rotatable bonds is 4. The topological polar surface area (TPSA) is 15.3 Å². The van der Waals surface area contributed by atoms with E-state index in [1.54, 1.807) is 6.42 Å². The SMILES string of the molecule is CCC(C)C1CN(CC2CC3CCC2C3)C(C)CN1. The maximum Gasteiger partial charge on any atom is 0.0221 e. The largest absolute Gasteiger partial charge is 0.311 e. The molecule has 0 amide bonds. The summed E-state index contributed by atoms with van der Waals surface area (Å²) >= 11 is 0. The van der Waals surface area contributed by atoms with Crippen LogP contribution in [0.25, 0.3) is 0 Å². The van der Waals surface area contributed by atoms with Crippen molar-refractivity contribution in [1.82, 2.24) is 10.2 Å². The van der Waals surface area contributed by atoms with Gasteiger partial charge in [0, 0.05) is 31.7 Å². The van der Waals surface area contributed by atoms with Gasteiger partial charge in [-0.2, -0.15) is 0 Å². The van der Waals surface area contributed by atoms with Crippen LogP contribution >= 0.6 is 0 Å². The van der Waals surface area contributed by atoms with Crippen LogP contribution in [-0.2, 0) is 0 Å². The first-order valence-corrected chi connectivity index (χ1v) is 8.64. The van der Waals surface area contributed by atoms with Gasteiger partial charge in [0.15, 0.2) is 0 Å². The third-order valence-electron chi connectivity index (χ3n) is 6.41. The Bertz CT molecular complexity index is 304. The maximum atomic E-state index is 3.77. The molecule has 1 saturated heterocycles. The molecule has 0 aromatic rings. The van der Waals surface area contributed by atoms with E-state index in [4.69, 9.17) is 0 Å². The fourth-order valence-electron chi connectivity index (χ4n) is 4.77. The van der Waals surface area contributed by atoms with Crippen molar-refractivity contribution in [3.05, 3.63) is 0 Å². The van der Waals surface area contributed by atoms with Crippen molar-refractivity contribution in [1.29, 1.82) is 0 Å². The minimum Gasteiger partial charge on any atom is -0.311 e. The second-order valence-electron chi connectivity index (χ2n) is 7.64. The van der Waals surface area contributed by atoms with Crippen LogP contribution < -0.4 is 5.32 Å². The molecule has 1 N–H and O–H groups in total. The quantitative estimate of drug-likeness (QED) is 0.839. The van der Waals surface area contributed by atoms with Crippen molar-refractivity contribution in [2.45, 2.75) is 65.0 Å². The minimum atomic E-state index is 0.722. The lowest BCUT2D eigenvalue weighted by molar-refractivity contribution is 0.0881. The van der Waals surface area contributed by atoms with Crippen molar-refractivity contribution in [2.75, 3.05) is 19.6 Å². The molecular formula is C17H32N2. The molecule has 0 aromatic heterocycles. The Hall–Kier alpha value is -0.0800. The van der Waals surface area contributed by atoms with Crippen molar-refractivity contribution < 1.29 is 0 Å². The van der Waals surface area contributed by atoms with Crippen LogP contribution in [0.5, 0.6) is 0 Å². The van der Waals surface area contributed by atoms with Gasteiger partial charge in [0.1, 0.15) is 0 Å². The Morgan fingerprint density at radius 1 is 1.26 bits per heavy atom. The number of nitrogens with one attached hydrogen (secondary N) is 1. The zero-order valence-corrected chi connectivity index (χ0v) is 13.1. The molecule has 19 heavy (non-hydrogen) atoms. The number of nitrogens with zero attached hydrogens (tertiary/aromatic N) is 1. The van der Waals surface area contributed by atoms with Gasteiger partial charge in [-0.05, 0) is 49.9 Å². The van der Waals surface area contributed by atoms with E-state index in [0.717, 1.165) is 35.8 Å². The number of piperazine rings is 1. The average molecular weight is 264 g/mol. The summed E-state index contributed by atoms with van der Waals surface area (Å²) in [5.74, 6) is 4.01. The van der Waals surface area contributed by atoms with E-state index in [2.05, 4.69) is 31.0 Å². The molecule has 110 valence electrons. The summed E-state index contributed by atoms with van der Waals surface area (Å²) in [6, 6.07) is 1.46. The van der Waals surface area contributed by atoms with Crippen LogP contribution in [0.2, 0.25) is 0 Å². The zero-order chi connectivity index (χ0) is 13.4. The molecule has 3 fully saturated rings. The van der Waals surface area contributed by atoms with Crippen LogP contribution in [0.1, 0.15) is 52.9 Å². The highest BCUT2D eigenvalue weighted by molar-refractivity contribution is 4.94. The van der Waals surface area contributed by atoms with Gasteiger partial charge in [0.05, 0.1) is 0 Å². The molecule has 0 spiro atoms. The van der Waals surface area contributed by atoms with Gasteiger partial charge in [-0.25, -0.2) is 0 Å². The highest BCUT2D eigenvalue weighted by Crippen LogP contribution is 2.48.